The molecule has 0 aromatic heterocycles. The standard InChI is InChI=1S/C13H26N2O2/c1-11(2)8-15(9-12(3,4)17-11)13(7-14)5-6-16-10-13/h5-10,14H2,1-4H3. The normalized spacial score (nSPS) is 37.2. The first kappa shape index (κ1) is 13.3. The molecule has 100 valence electrons. The average molecular weight is 242 g/mol. The first-order valence-electron chi connectivity index (χ1n) is 6.52. The highest BCUT2D eigenvalue weighted by molar-refractivity contribution is 5.01. The lowest BCUT2D eigenvalue weighted by atomic mass is 9.89. The van der Waals surface area contributed by atoms with E-state index in [0.29, 0.717) is 6.54 Å². The lowest BCUT2D eigenvalue weighted by molar-refractivity contribution is -0.198. The van der Waals surface area contributed by atoms with Crippen molar-refractivity contribution in [1.82, 2.24) is 4.90 Å². The Kier molecular flexibility index (Phi) is 3.28. The minimum Gasteiger partial charge on any atom is -0.379 e. The number of hydrogen-bond acceptors (Lipinski definition) is 4. The molecule has 0 aliphatic carbocycles. The van der Waals surface area contributed by atoms with E-state index in [1.54, 1.807) is 0 Å². The van der Waals surface area contributed by atoms with Crippen LogP contribution in [-0.2, 0) is 9.47 Å². The number of rotatable bonds is 2. The van der Waals surface area contributed by atoms with Crippen LogP contribution >= 0.6 is 0 Å². The molecule has 0 aromatic carbocycles. The molecule has 0 amide bonds. The van der Waals surface area contributed by atoms with Gasteiger partial charge < -0.3 is 15.2 Å². The molecule has 2 N–H and O–H groups in total. The summed E-state index contributed by atoms with van der Waals surface area (Å²) in [5.74, 6) is 0. The summed E-state index contributed by atoms with van der Waals surface area (Å²) in [5.41, 5.74) is 5.80. The van der Waals surface area contributed by atoms with Gasteiger partial charge in [-0.1, -0.05) is 0 Å². The SMILES string of the molecule is CC1(C)CN(C2(CN)CCOC2)CC(C)(C)O1. The van der Waals surface area contributed by atoms with Gasteiger partial charge in [0.25, 0.3) is 0 Å². The smallest absolute Gasteiger partial charge is 0.0761 e. The fraction of sp³-hybridized carbons (Fsp3) is 1.00. The Hall–Kier alpha value is -0.160. The molecule has 4 heteroatoms. The van der Waals surface area contributed by atoms with E-state index >= 15 is 0 Å². The van der Waals surface area contributed by atoms with Crippen LogP contribution in [0.1, 0.15) is 34.1 Å². The fourth-order valence-electron chi connectivity index (χ4n) is 3.26. The van der Waals surface area contributed by atoms with Gasteiger partial charge in [0.05, 0.1) is 23.3 Å². The predicted molar refractivity (Wildman–Crippen MR) is 68.0 cm³/mol. The van der Waals surface area contributed by atoms with Gasteiger partial charge in [0.1, 0.15) is 0 Å². The van der Waals surface area contributed by atoms with E-state index in [4.69, 9.17) is 15.2 Å². The Morgan fingerprint density at radius 1 is 1.12 bits per heavy atom. The van der Waals surface area contributed by atoms with Crippen LogP contribution in [0.15, 0.2) is 0 Å². The van der Waals surface area contributed by atoms with Gasteiger partial charge in [0.2, 0.25) is 0 Å². The molecule has 1 unspecified atom stereocenters. The monoisotopic (exact) mass is 242 g/mol. The number of nitrogens with zero attached hydrogens (tertiary/aromatic N) is 1. The first-order valence-corrected chi connectivity index (χ1v) is 6.52. The van der Waals surface area contributed by atoms with Crippen LogP contribution in [0.3, 0.4) is 0 Å². The van der Waals surface area contributed by atoms with Gasteiger partial charge in [0.15, 0.2) is 0 Å². The average Bonchev–Trinajstić information content (AvgIpc) is 2.61. The molecule has 2 rings (SSSR count). The van der Waals surface area contributed by atoms with E-state index in [0.717, 1.165) is 32.7 Å². The highest BCUT2D eigenvalue weighted by Gasteiger charge is 2.47. The third-order valence-electron chi connectivity index (χ3n) is 3.83. The Bertz CT molecular complexity index is 267. The summed E-state index contributed by atoms with van der Waals surface area (Å²) in [6.45, 7) is 12.7. The highest BCUT2D eigenvalue weighted by Crippen LogP contribution is 2.35. The summed E-state index contributed by atoms with van der Waals surface area (Å²) in [6, 6.07) is 0. The first-order chi connectivity index (χ1) is 7.79. The predicted octanol–water partition coefficient (Wildman–Crippen LogP) is 0.994. The largest absolute Gasteiger partial charge is 0.379 e. The molecule has 2 aliphatic heterocycles. The summed E-state index contributed by atoms with van der Waals surface area (Å²) in [6.07, 6.45) is 1.04. The molecule has 17 heavy (non-hydrogen) atoms. The van der Waals surface area contributed by atoms with E-state index in [9.17, 15) is 0 Å². The van der Waals surface area contributed by atoms with Crippen molar-refractivity contribution in [2.45, 2.75) is 50.9 Å². The number of hydrogen-bond donors (Lipinski definition) is 1. The molecule has 0 saturated carbocycles. The highest BCUT2D eigenvalue weighted by atomic mass is 16.5. The lowest BCUT2D eigenvalue weighted by Gasteiger charge is -2.53. The van der Waals surface area contributed by atoms with Crippen molar-refractivity contribution in [2.75, 3.05) is 32.8 Å². The van der Waals surface area contributed by atoms with Gasteiger partial charge in [-0.2, -0.15) is 0 Å². The van der Waals surface area contributed by atoms with E-state index < -0.39 is 0 Å². The summed E-state index contributed by atoms with van der Waals surface area (Å²) in [4.78, 5) is 2.49. The molecule has 0 spiro atoms. The second kappa shape index (κ2) is 4.19. The Balaban J connectivity index is 2.20. The van der Waals surface area contributed by atoms with Crippen molar-refractivity contribution < 1.29 is 9.47 Å². The van der Waals surface area contributed by atoms with Crippen molar-refractivity contribution in [3.8, 4) is 0 Å². The second-order valence-electron chi connectivity index (χ2n) is 6.71. The van der Waals surface area contributed by atoms with Gasteiger partial charge >= 0.3 is 0 Å². The molecule has 2 saturated heterocycles. The number of morpholine rings is 1. The van der Waals surface area contributed by atoms with Crippen molar-refractivity contribution in [3.05, 3.63) is 0 Å². The van der Waals surface area contributed by atoms with Crippen LogP contribution in [-0.4, -0.2) is 54.5 Å². The third kappa shape index (κ3) is 2.65. The van der Waals surface area contributed by atoms with Gasteiger partial charge in [-0.25, -0.2) is 0 Å². The molecule has 4 nitrogen and oxygen atoms in total. The lowest BCUT2D eigenvalue weighted by Crippen LogP contribution is -2.66. The quantitative estimate of drug-likeness (QED) is 0.784. The molecule has 0 bridgehead atoms. The van der Waals surface area contributed by atoms with Crippen LogP contribution < -0.4 is 5.73 Å². The van der Waals surface area contributed by atoms with Crippen LogP contribution in [0.4, 0.5) is 0 Å². The van der Waals surface area contributed by atoms with Crippen molar-refractivity contribution in [3.63, 3.8) is 0 Å². The maximum absolute atomic E-state index is 6.12. The van der Waals surface area contributed by atoms with Crippen LogP contribution in [0.5, 0.6) is 0 Å². The number of ether oxygens (including phenoxy) is 2. The van der Waals surface area contributed by atoms with Gasteiger partial charge in [-0.05, 0) is 34.1 Å². The minimum atomic E-state index is -0.119. The zero-order chi connectivity index (χ0) is 12.7. The molecular weight excluding hydrogens is 216 g/mol. The molecule has 0 aromatic rings. The molecule has 1 atom stereocenters. The van der Waals surface area contributed by atoms with Crippen molar-refractivity contribution in [1.29, 1.82) is 0 Å². The van der Waals surface area contributed by atoms with Gasteiger partial charge in [-0.3, -0.25) is 4.90 Å². The zero-order valence-electron chi connectivity index (χ0n) is 11.6. The van der Waals surface area contributed by atoms with Crippen molar-refractivity contribution >= 4 is 0 Å². The molecule has 2 aliphatic rings. The fourth-order valence-corrected chi connectivity index (χ4v) is 3.26. The summed E-state index contributed by atoms with van der Waals surface area (Å²) >= 11 is 0. The Morgan fingerprint density at radius 3 is 2.12 bits per heavy atom. The van der Waals surface area contributed by atoms with E-state index in [1.165, 1.54) is 0 Å². The van der Waals surface area contributed by atoms with Crippen LogP contribution in [0.25, 0.3) is 0 Å². The molecular formula is C13H26N2O2. The summed E-state index contributed by atoms with van der Waals surface area (Å²) in [7, 11) is 0. The third-order valence-corrected chi connectivity index (χ3v) is 3.83. The molecule has 2 fully saturated rings. The van der Waals surface area contributed by atoms with E-state index in [2.05, 4.69) is 32.6 Å². The van der Waals surface area contributed by atoms with Gasteiger partial charge in [-0.15, -0.1) is 0 Å². The minimum absolute atomic E-state index is 0.0261. The zero-order valence-corrected chi connectivity index (χ0v) is 11.6. The molecule has 0 radical (unpaired) electrons. The van der Waals surface area contributed by atoms with E-state index in [-0.39, 0.29) is 16.7 Å². The second-order valence-corrected chi connectivity index (χ2v) is 6.71. The Morgan fingerprint density at radius 2 is 1.71 bits per heavy atom. The van der Waals surface area contributed by atoms with Crippen molar-refractivity contribution in [2.24, 2.45) is 5.73 Å². The maximum Gasteiger partial charge on any atom is 0.0761 e. The topological polar surface area (TPSA) is 47.7 Å². The maximum atomic E-state index is 6.12. The Labute approximate surface area is 104 Å². The van der Waals surface area contributed by atoms with E-state index in [1.807, 2.05) is 0 Å². The van der Waals surface area contributed by atoms with Crippen LogP contribution in [0.2, 0.25) is 0 Å². The number of nitrogens with two attached hydrogens (primary N) is 1. The summed E-state index contributed by atoms with van der Waals surface area (Å²) in [5, 5.41) is 0. The summed E-state index contributed by atoms with van der Waals surface area (Å²) < 4.78 is 11.7. The molecule has 2 heterocycles. The van der Waals surface area contributed by atoms with Crippen LogP contribution in [0, 0.1) is 0 Å². The van der Waals surface area contributed by atoms with Gasteiger partial charge in [0, 0.05) is 26.2 Å².